The second kappa shape index (κ2) is 7.99. The van der Waals surface area contributed by atoms with Crippen LogP contribution in [0.1, 0.15) is 35.3 Å². The molecule has 0 aliphatic rings. The van der Waals surface area contributed by atoms with Gasteiger partial charge in [-0.25, -0.2) is 13.1 Å². The molecule has 0 fully saturated rings. The number of nitrogens with one attached hydrogen (secondary N) is 2. The molecule has 2 rings (SSSR count). The maximum Gasteiger partial charge on any atom is 0.251 e. The van der Waals surface area contributed by atoms with Crippen LogP contribution in [0.25, 0.3) is 0 Å². The molecule has 0 saturated heterocycles. The molecule has 0 unspecified atom stereocenters. The van der Waals surface area contributed by atoms with Crippen molar-refractivity contribution in [1.29, 1.82) is 0 Å². The smallest absolute Gasteiger partial charge is 0.251 e. The van der Waals surface area contributed by atoms with E-state index in [9.17, 15) is 13.2 Å². The Hall–Kier alpha value is -2.22. The third-order valence-electron chi connectivity index (χ3n) is 3.75. The molecule has 4 N–H and O–H groups in total. The third-order valence-corrected chi connectivity index (χ3v) is 5.30. The fourth-order valence-electron chi connectivity index (χ4n) is 2.29. The summed E-state index contributed by atoms with van der Waals surface area (Å²) in [6.45, 7) is 5.76. The van der Waals surface area contributed by atoms with Crippen molar-refractivity contribution in [2.24, 2.45) is 5.73 Å². The maximum absolute atomic E-state index is 12.7. The molecule has 0 aromatic heterocycles. The van der Waals surface area contributed by atoms with E-state index in [4.69, 9.17) is 5.73 Å². The minimum absolute atomic E-state index is 0.0908. The Morgan fingerprint density at radius 3 is 2.38 bits per heavy atom. The van der Waals surface area contributed by atoms with Crippen LogP contribution in [0.5, 0.6) is 0 Å². The Bertz CT molecular complexity index is 873. The SMILES string of the molecule is Cc1ccc(C(=O)NCC(C)(C)N)cc1S(=O)(=O)NCc1ccccc1. The van der Waals surface area contributed by atoms with Crippen molar-refractivity contribution in [3.8, 4) is 0 Å². The fraction of sp³-hybridized carbons (Fsp3) is 0.316. The Morgan fingerprint density at radius 2 is 1.77 bits per heavy atom. The predicted octanol–water partition coefficient (Wildman–Crippen LogP) is 1.94. The molecule has 2 aromatic carbocycles. The van der Waals surface area contributed by atoms with E-state index < -0.39 is 15.6 Å². The number of benzene rings is 2. The molecule has 0 aliphatic carbocycles. The van der Waals surface area contributed by atoms with E-state index in [2.05, 4.69) is 10.0 Å². The largest absolute Gasteiger partial charge is 0.350 e. The molecular weight excluding hydrogens is 350 g/mol. The first-order valence-electron chi connectivity index (χ1n) is 8.30. The normalized spacial score (nSPS) is 12.0. The highest BCUT2D eigenvalue weighted by Gasteiger charge is 2.20. The Kier molecular flexibility index (Phi) is 6.17. The highest BCUT2D eigenvalue weighted by molar-refractivity contribution is 7.89. The summed E-state index contributed by atoms with van der Waals surface area (Å²) in [7, 11) is -3.74. The third kappa shape index (κ3) is 5.66. The number of amides is 1. The summed E-state index contributed by atoms with van der Waals surface area (Å²) in [6, 6.07) is 13.9. The van der Waals surface area contributed by atoms with Gasteiger partial charge < -0.3 is 11.1 Å². The van der Waals surface area contributed by atoms with Gasteiger partial charge in [0.15, 0.2) is 0 Å². The highest BCUT2D eigenvalue weighted by Crippen LogP contribution is 2.18. The van der Waals surface area contributed by atoms with Crippen LogP contribution in [0.15, 0.2) is 53.4 Å². The lowest BCUT2D eigenvalue weighted by Crippen LogP contribution is -2.45. The van der Waals surface area contributed by atoms with E-state index in [0.717, 1.165) is 5.56 Å². The summed E-state index contributed by atoms with van der Waals surface area (Å²) in [4.78, 5) is 12.4. The monoisotopic (exact) mass is 375 g/mol. The van der Waals surface area contributed by atoms with Crippen LogP contribution in [-0.2, 0) is 16.6 Å². The maximum atomic E-state index is 12.7. The summed E-state index contributed by atoms with van der Waals surface area (Å²) >= 11 is 0. The Balaban J connectivity index is 2.18. The fourth-order valence-corrected chi connectivity index (χ4v) is 3.58. The van der Waals surface area contributed by atoms with Gasteiger partial charge in [-0.1, -0.05) is 36.4 Å². The highest BCUT2D eigenvalue weighted by atomic mass is 32.2. The second-order valence-electron chi connectivity index (χ2n) is 6.96. The average Bonchev–Trinajstić information content (AvgIpc) is 2.58. The van der Waals surface area contributed by atoms with E-state index in [-0.39, 0.29) is 29.5 Å². The lowest BCUT2D eigenvalue weighted by molar-refractivity contribution is 0.0946. The number of nitrogens with two attached hydrogens (primary N) is 1. The first-order valence-corrected chi connectivity index (χ1v) is 9.78. The topological polar surface area (TPSA) is 101 Å². The van der Waals surface area contributed by atoms with Crippen LogP contribution in [0.4, 0.5) is 0 Å². The number of aryl methyl sites for hydroxylation is 1. The zero-order chi connectivity index (χ0) is 19.4. The minimum Gasteiger partial charge on any atom is -0.350 e. The molecule has 6 nitrogen and oxygen atoms in total. The predicted molar refractivity (Wildman–Crippen MR) is 102 cm³/mol. The Labute approximate surface area is 154 Å². The minimum atomic E-state index is -3.74. The molecule has 0 heterocycles. The van der Waals surface area contributed by atoms with E-state index in [1.54, 1.807) is 32.9 Å². The zero-order valence-electron chi connectivity index (χ0n) is 15.2. The molecule has 0 bridgehead atoms. The summed E-state index contributed by atoms with van der Waals surface area (Å²) in [5.74, 6) is -0.358. The van der Waals surface area contributed by atoms with Crippen molar-refractivity contribution >= 4 is 15.9 Å². The quantitative estimate of drug-likeness (QED) is 0.688. The molecular formula is C19H25N3O3S. The van der Waals surface area contributed by atoms with Gasteiger partial charge in [-0.2, -0.15) is 0 Å². The van der Waals surface area contributed by atoms with Crippen molar-refractivity contribution in [2.75, 3.05) is 6.54 Å². The van der Waals surface area contributed by atoms with Crippen LogP contribution in [-0.4, -0.2) is 26.4 Å². The number of rotatable bonds is 7. The lowest BCUT2D eigenvalue weighted by Gasteiger charge is -2.19. The lowest BCUT2D eigenvalue weighted by atomic mass is 10.1. The first kappa shape index (κ1) is 20.1. The zero-order valence-corrected chi connectivity index (χ0v) is 16.1. The molecule has 0 radical (unpaired) electrons. The number of hydrogen-bond acceptors (Lipinski definition) is 4. The number of carbonyl (C=O) groups is 1. The van der Waals surface area contributed by atoms with Gasteiger partial charge in [0.05, 0.1) is 4.90 Å². The van der Waals surface area contributed by atoms with Crippen LogP contribution < -0.4 is 15.8 Å². The van der Waals surface area contributed by atoms with E-state index in [1.807, 2.05) is 30.3 Å². The van der Waals surface area contributed by atoms with E-state index in [1.165, 1.54) is 6.07 Å². The molecule has 1 amide bonds. The van der Waals surface area contributed by atoms with Crippen LogP contribution in [0.2, 0.25) is 0 Å². The molecule has 7 heteroatoms. The summed E-state index contributed by atoms with van der Waals surface area (Å²) in [5.41, 5.74) is 7.01. The van der Waals surface area contributed by atoms with Crippen molar-refractivity contribution in [2.45, 2.75) is 37.8 Å². The van der Waals surface area contributed by atoms with Gasteiger partial charge >= 0.3 is 0 Å². The van der Waals surface area contributed by atoms with Crippen molar-refractivity contribution in [3.63, 3.8) is 0 Å². The van der Waals surface area contributed by atoms with Crippen LogP contribution in [0.3, 0.4) is 0 Å². The average molecular weight is 375 g/mol. The van der Waals surface area contributed by atoms with Gasteiger partial charge in [-0.05, 0) is 44.0 Å². The second-order valence-corrected chi connectivity index (χ2v) is 8.70. The van der Waals surface area contributed by atoms with Gasteiger partial charge in [0.25, 0.3) is 5.91 Å². The van der Waals surface area contributed by atoms with Crippen molar-refractivity contribution in [3.05, 3.63) is 65.2 Å². The van der Waals surface area contributed by atoms with Crippen molar-refractivity contribution in [1.82, 2.24) is 10.0 Å². The first-order chi connectivity index (χ1) is 12.1. The molecule has 0 saturated carbocycles. The molecule has 2 aromatic rings. The standard InChI is InChI=1S/C19H25N3O3S/c1-14-9-10-16(18(23)21-13-19(2,3)20)11-17(14)26(24,25)22-12-15-7-5-4-6-8-15/h4-11,22H,12-13,20H2,1-3H3,(H,21,23). The summed E-state index contributed by atoms with van der Waals surface area (Å²) < 4.78 is 27.9. The van der Waals surface area contributed by atoms with Crippen LogP contribution in [0, 0.1) is 6.92 Å². The number of carbonyl (C=O) groups excluding carboxylic acids is 1. The molecule has 140 valence electrons. The summed E-state index contributed by atoms with van der Waals surface area (Å²) in [5, 5.41) is 2.72. The number of sulfonamides is 1. The molecule has 0 aliphatic heterocycles. The van der Waals surface area contributed by atoms with E-state index in [0.29, 0.717) is 5.56 Å². The van der Waals surface area contributed by atoms with E-state index >= 15 is 0 Å². The Morgan fingerprint density at radius 1 is 1.12 bits per heavy atom. The van der Waals surface area contributed by atoms with Gasteiger partial charge in [0.2, 0.25) is 10.0 Å². The summed E-state index contributed by atoms with van der Waals surface area (Å²) in [6.07, 6.45) is 0. The molecule has 26 heavy (non-hydrogen) atoms. The number of hydrogen-bond donors (Lipinski definition) is 3. The van der Waals surface area contributed by atoms with Gasteiger partial charge in [-0.3, -0.25) is 4.79 Å². The van der Waals surface area contributed by atoms with Gasteiger partial charge in [-0.15, -0.1) is 0 Å². The molecule has 0 atom stereocenters. The van der Waals surface area contributed by atoms with Crippen LogP contribution >= 0.6 is 0 Å². The van der Waals surface area contributed by atoms with Gasteiger partial charge in [0.1, 0.15) is 0 Å². The van der Waals surface area contributed by atoms with Gasteiger partial charge in [0, 0.05) is 24.2 Å². The molecule has 0 spiro atoms. The van der Waals surface area contributed by atoms with Crippen molar-refractivity contribution < 1.29 is 13.2 Å².